The normalized spacial score (nSPS) is 10.1. The van der Waals surface area contributed by atoms with Gasteiger partial charge in [-0.1, -0.05) is 23.8 Å². The number of carbonyl (C=O) groups is 2. The minimum absolute atomic E-state index is 0.286. The van der Waals surface area contributed by atoms with Crippen molar-refractivity contribution in [1.82, 2.24) is 4.98 Å². The summed E-state index contributed by atoms with van der Waals surface area (Å²) in [6, 6.07) is 16.0. The van der Waals surface area contributed by atoms with Crippen molar-refractivity contribution < 1.29 is 14.3 Å². The third-order valence-corrected chi connectivity index (χ3v) is 3.90. The molecule has 3 rings (SSSR count). The average Bonchev–Trinajstić information content (AvgIpc) is 2.70. The van der Waals surface area contributed by atoms with Crippen LogP contribution in [0, 0.1) is 6.92 Å². The van der Waals surface area contributed by atoms with Gasteiger partial charge < -0.3 is 15.4 Å². The predicted octanol–water partition coefficient (Wildman–Crippen LogP) is 3.90. The Labute approximate surface area is 157 Å². The molecule has 6 heteroatoms. The Hall–Kier alpha value is -3.67. The second kappa shape index (κ2) is 8.14. The lowest BCUT2D eigenvalue weighted by Gasteiger charge is -2.09. The van der Waals surface area contributed by atoms with Gasteiger partial charge in [-0.2, -0.15) is 0 Å². The Morgan fingerprint density at radius 2 is 1.48 bits per heavy atom. The maximum absolute atomic E-state index is 12.5. The number of ether oxygens (including phenoxy) is 1. The van der Waals surface area contributed by atoms with Crippen LogP contribution in [0.15, 0.2) is 67.0 Å². The predicted molar refractivity (Wildman–Crippen MR) is 104 cm³/mol. The fraction of sp³-hybridized carbons (Fsp3) is 0.0952. The summed E-state index contributed by atoms with van der Waals surface area (Å²) >= 11 is 0. The van der Waals surface area contributed by atoms with E-state index in [1.165, 1.54) is 18.5 Å². The van der Waals surface area contributed by atoms with Crippen molar-refractivity contribution in [2.24, 2.45) is 0 Å². The van der Waals surface area contributed by atoms with Crippen molar-refractivity contribution in [3.63, 3.8) is 0 Å². The van der Waals surface area contributed by atoms with E-state index in [-0.39, 0.29) is 17.4 Å². The van der Waals surface area contributed by atoms with Gasteiger partial charge in [0.25, 0.3) is 11.8 Å². The molecule has 1 aromatic heterocycles. The molecule has 2 amide bonds. The third kappa shape index (κ3) is 4.70. The van der Waals surface area contributed by atoms with E-state index < -0.39 is 0 Å². The summed E-state index contributed by atoms with van der Waals surface area (Å²) < 4.78 is 5.14. The molecule has 0 bridgehead atoms. The van der Waals surface area contributed by atoms with Gasteiger partial charge in [0.2, 0.25) is 0 Å². The Morgan fingerprint density at radius 3 is 2.11 bits per heavy atom. The molecule has 0 fully saturated rings. The fourth-order valence-electron chi connectivity index (χ4n) is 2.43. The lowest BCUT2D eigenvalue weighted by molar-refractivity contribution is 0.102. The van der Waals surface area contributed by atoms with Crippen LogP contribution in [0.3, 0.4) is 0 Å². The number of hydrogen-bond acceptors (Lipinski definition) is 4. The molecule has 0 saturated carbocycles. The van der Waals surface area contributed by atoms with Crippen molar-refractivity contribution >= 4 is 23.2 Å². The van der Waals surface area contributed by atoms with E-state index in [0.29, 0.717) is 22.7 Å². The Morgan fingerprint density at radius 1 is 0.852 bits per heavy atom. The zero-order chi connectivity index (χ0) is 19.2. The van der Waals surface area contributed by atoms with Gasteiger partial charge in [0.05, 0.1) is 18.2 Å². The number of amides is 2. The average molecular weight is 361 g/mol. The highest BCUT2D eigenvalue weighted by Crippen LogP contribution is 2.18. The number of rotatable bonds is 5. The molecule has 0 radical (unpaired) electrons. The molecule has 2 N–H and O–H groups in total. The van der Waals surface area contributed by atoms with E-state index in [1.807, 2.05) is 31.2 Å². The molecular weight excluding hydrogens is 342 g/mol. The largest absolute Gasteiger partial charge is 0.497 e. The van der Waals surface area contributed by atoms with Crippen LogP contribution in [0.5, 0.6) is 5.75 Å². The zero-order valence-electron chi connectivity index (χ0n) is 15.0. The second-order valence-corrected chi connectivity index (χ2v) is 5.97. The third-order valence-electron chi connectivity index (χ3n) is 3.90. The number of nitrogens with one attached hydrogen (secondary N) is 2. The minimum atomic E-state index is -0.360. The monoisotopic (exact) mass is 361 g/mol. The molecule has 2 aromatic carbocycles. The van der Waals surface area contributed by atoms with Gasteiger partial charge in [0, 0.05) is 29.8 Å². The first-order chi connectivity index (χ1) is 13.0. The van der Waals surface area contributed by atoms with Gasteiger partial charge in [-0.3, -0.25) is 14.6 Å². The quantitative estimate of drug-likeness (QED) is 0.722. The van der Waals surface area contributed by atoms with Crippen LogP contribution in [0.4, 0.5) is 11.4 Å². The molecule has 0 aliphatic heterocycles. The first kappa shape index (κ1) is 18.1. The van der Waals surface area contributed by atoms with Gasteiger partial charge in [-0.25, -0.2) is 0 Å². The molecule has 1 heterocycles. The molecule has 27 heavy (non-hydrogen) atoms. The van der Waals surface area contributed by atoms with Crippen LogP contribution >= 0.6 is 0 Å². The van der Waals surface area contributed by atoms with E-state index in [2.05, 4.69) is 15.6 Å². The van der Waals surface area contributed by atoms with Crippen LogP contribution in [0.2, 0.25) is 0 Å². The Kier molecular flexibility index (Phi) is 5.47. The fourth-order valence-corrected chi connectivity index (χ4v) is 2.43. The highest BCUT2D eigenvalue weighted by Gasteiger charge is 2.12. The molecule has 0 aliphatic carbocycles. The summed E-state index contributed by atoms with van der Waals surface area (Å²) in [4.78, 5) is 28.9. The van der Waals surface area contributed by atoms with Gasteiger partial charge in [0.1, 0.15) is 5.75 Å². The number of carbonyl (C=O) groups excluding carboxylic acids is 2. The Bertz CT molecular complexity index is 968. The van der Waals surface area contributed by atoms with Crippen LogP contribution in [-0.4, -0.2) is 23.9 Å². The number of anilines is 2. The SMILES string of the molecule is COc1cccc(NC(=O)c2cncc(C(=O)Nc3ccc(C)cc3)c2)c1. The highest BCUT2D eigenvalue weighted by molar-refractivity contribution is 6.08. The van der Waals surface area contributed by atoms with E-state index in [4.69, 9.17) is 4.74 Å². The van der Waals surface area contributed by atoms with Crippen molar-refractivity contribution in [2.75, 3.05) is 17.7 Å². The van der Waals surface area contributed by atoms with Crippen molar-refractivity contribution in [3.8, 4) is 5.75 Å². The van der Waals surface area contributed by atoms with Gasteiger partial charge in [0.15, 0.2) is 0 Å². The molecule has 0 unspecified atom stereocenters. The molecule has 3 aromatic rings. The first-order valence-corrected chi connectivity index (χ1v) is 8.33. The van der Waals surface area contributed by atoms with Gasteiger partial charge in [-0.15, -0.1) is 0 Å². The lowest BCUT2D eigenvalue weighted by Crippen LogP contribution is -2.16. The topological polar surface area (TPSA) is 80.3 Å². The number of hydrogen-bond donors (Lipinski definition) is 2. The summed E-state index contributed by atoms with van der Waals surface area (Å²) in [5.74, 6) is -0.0553. The van der Waals surface area contributed by atoms with Crippen LogP contribution in [0.1, 0.15) is 26.3 Å². The molecule has 0 aliphatic rings. The summed E-state index contributed by atoms with van der Waals surface area (Å²) in [5.41, 5.74) is 2.96. The first-order valence-electron chi connectivity index (χ1n) is 8.33. The summed E-state index contributed by atoms with van der Waals surface area (Å²) in [6.45, 7) is 1.97. The van der Waals surface area contributed by atoms with Gasteiger partial charge >= 0.3 is 0 Å². The summed E-state index contributed by atoms with van der Waals surface area (Å²) in [5, 5.41) is 5.55. The number of aromatic nitrogens is 1. The molecule has 0 saturated heterocycles. The van der Waals surface area contributed by atoms with Crippen molar-refractivity contribution in [1.29, 1.82) is 0 Å². The zero-order valence-corrected chi connectivity index (χ0v) is 15.0. The van der Waals surface area contributed by atoms with E-state index >= 15 is 0 Å². The Balaban J connectivity index is 1.73. The smallest absolute Gasteiger partial charge is 0.257 e. The number of pyridine rings is 1. The molecule has 6 nitrogen and oxygen atoms in total. The number of methoxy groups -OCH3 is 1. The number of nitrogens with zero attached hydrogens (tertiary/aromatic N) is 1. The van der Waals surface area contributed by atoms with Crippen LogP contribution in [0.25, 0.3) is 0 Å². The van der Waals surface area contributed by atoms with Crippen molar-refractivity contribution in [2.45, 2.75) is 6.92 Å². The summed E-state index contributed by atoms with van der Waals surface area (Å²) in [6.07, 6.45) is 2.84. The second-order valence-electron chi connectivity index (χ2n) is 5.97. The maximum Gasteiger partial charge on any atom is 0.257 e. The van der Waals surface area contributed by atoms with Crippen LogP contribution < -0.4 is 15.4 Å². The standard InChI is InChI=1S/C21H19N3O3/c1-14-6-8-17(9-7-14)23-20(25)15-10-16(13-22-12-15)21(26)24-18-4-3-5-19(11-18)27-2/h3-13H,1-2H3,(H,23,25)(H,24,26). The maximum atomic E-state index is 12.5. The van der Waals surface area contributed by atoms with Crippen molar-refractivity contribution in [3.05, 3.63) is 83.7 Å². The number of aryl methyl sites for hydroxylation is 1. The molecular formula is C21H19N3O3. The lowest BCUT2D eigenvalue weighted by atomic mass is 10.1. The summed E-state index contributed by atoms with van der Waals surface area (Å²) in [7, 11) is 1.56. The van der Waals surface area contributed by atoms with E-state index in [9.17, 15) is 9.59 Å². The number of benzene rings is 2. The molecule has 0 atom stereocenters. The molecule has 0 spiro atoms. The highest BCUT2D eigenvalue weighted by atomic mass is 16.5. The van der Waals surface area contributed by atoms with Gasteiger partial charge in [-0.05, 0) is 37.3 Å². The minimum Gasteiger partial charge on any atom is -0.497 e. The molecule has 136 valence electrons. The van der Waals surface area contributed by atoms with Crippen LogP contribution in [-0.2, 0) is 0 Å². The van der Waals surface area contributed by atoms with E-state index in [0.717, 1.165) is 5.56 Å². The van der Waals surface area contributed by atoms with E-state index in [1.54, 1.807) is 31.4 Å².